The molecule has 1 aromatic rings. The number of likely N-dealkylation sites (N-methyl/N-ethyl adjacent to an activating group) is 2. The van der Waals surface area contributed by atoms with Crippen LogP contribution in [-0.4, -0.2) is 58.6 Å². The third-order valence-corrected chi connectivity index (χ3v) is 5.95. The van der Waals surface area contributed by atoms with Gasteiger partial charge in [-0.3, -0.25) is 0 Å². The molecule has 0 aliphatic heterocycles. The lowest BCUT2D eigenvalue weighted by Gasteiger charge is -2.53. The van der Waals surface area contributed by atoms with Crippen LogP contribution in [0, 0.1) is 11.8 Å². The molecule has 142 valence electrons. The summed E-state index contributed by atoms with van der Waals surface area (Å²) in [5.74, 6) is -0.324. The fourth-order valence-electron chi connectivity index (χ4n) is 4.33. The summed E-state index contributed by atoms with van der Waals surface area (Å²) < 4.78 is 0. The van der Waals surface area contributed by atoms with Crippen LogP contribution in [0.25, 0.3) is 0 Å². The van der Waals surface area contributed by atoms with Crippen LogP contribution in [0.5, 0.6) is 0 Å². The molecule has 0 spiro atoms. The molecule has 3 N–H and O–H groups in total. The molecular formula is C21H30N2O3. The number of rotatable bonds is 6. The standard InChI is InChI=1S/C21H30N2O3/c1-4-23(5-2)15-11-12-16(17(24)13-15)18-20(25)19(21(18)26)22(3)14-9-7-6-8-10-14/h6-11,13,16,18-21,24-26H,4-5,12H2,1-3H3. The maximum Gasteiger partial charge on any atom is 0.0981 e. The van der Waals surface area contributed by atoms with E-state index in [-0.39, 0.29) is 23.6 Å². The Kier molecular flexibility index (Phi) is 5.58. The van der Waals surface area contributed by atoms with E-state index < -0.39 is 12.2 Å². The number of hydrogen-bond donors (Lipinski definition) is 3. The number of allylic oxidation sites excluding steroid dienone is 3. The van der Waals surface area contributed by atoms with E-state index in [4.69, 9.17) is 0 Å². The minimum Gasteiger partial charge on any atom is -0.512 e. The normalized spacial score (nSPS) is 30.9. The van der Waals surface area contributed by atoms with Crippen LogP contribution < -0.4 is 4.90 Å². The molecular weight excluding hydrogens is 328 g/mol. The Morgan fingerprint density at radius 2 is 1.65 bits per heavy atom. The zero-order valence-electron chi connectivity index (χ0n) is 15.8. The van der Waals surface area contributed by atoms with Crippen LogP contribution in [0.15, 0.2) is 53.9 Å². The molecule has 1 aromatic carbocycles. The Hall–Kier alpha value is -1.98. The number of aliphatic hydroxyl groups excluding tert-OH is 3. The van der Waals surface area contributed by atoms with Gasteiger partial charge in [-0.1, -0.05) is 24.3 Å². The number of para-hydroxylation sites is 1. The topological polar surface area (TPSA) is 67.2 Å². The SMILES string of the molecule is CCN(CC)C1=CCC(C2C(O)C(N(C)c3ccccc3)C2O)C(O)=C1. The average Bonchev–Trinajstić information content (AvgIpc) is 2.65. The summed E-state index contributed by atoms with van der Waals surface area (Å²) in [5, 5.41) is 32.0. The Morgan fingerprint density at radius 1 is 1.04 bits per heavy atom. The molecule has 1 fully saturated rings. The summed E-state index contributed by atoms with van der Waals surface area (Å²) in [6.45, 7) is 5.94. The zero-order valence-corrected chi connectivity index (χ0v) is 15.8. The third kappa shape index (κ3) is 3.21. The summed E-state index contributed by atoms with van der Waals surface area (Å²) in [6.07, 6.45) is 3.16. The van der Waals surface area contributed by atoms with Crippen LogP contribution in [0.2, 0.25) is 0 Å². The van der Waals surface area contributed by atoms with Gasteiger partial charge in [0, 0.05) is 43.4 Å². The molecule has 2 aliphatic carbocycles. The molecule has 0 aromatic heterocycles. The highest BCUT2D eigenvalue weighted by molar-refractivity contribution is 5.48. The highest BCUT2D eigenvalue weighted by atomic mass is 16.3. The quantitative estimate of drug-likeness (QED) is 0.729. The van der Waals surface area contributed by atoms with Gasteiger partial charge in [0.2, 0.25) is 0 Å². The van der Waals surface area contributed by atoms with Gasteiger partial charge in [-0.15, -0.1) is 0 Å². The zero-order chi connectivity index (χ0) is 18.8. The molecule has 2 aliphatic rings. The molecule has 0 amide bonds. The van der Waals surface area contributed by atoms with Gasteiger partial charge in [-0.05, 0) is 38.5 Å². The van der Waals surface area contributed by atoms with Gasteiger partial charge >= 0.3 is 0 Å². The van der Waals surface area contributed by atoms with Crippen LogP contribution in [-0.2, 0) is 0 Å². The first-order valence-corrected chi connectivity index (χ1v) is 9.49. The molecule has 3 atom stereocenters. The summed E-state index contributed by atoms with van der Waals surface area (Å²) in [5.41, 5.74) is 1.98. The van der Waals surface area contributed by atoms with Crippen LogP contribution in [0.3, 0.4) is 0 Å². The van der Waals surface area contributed by atoms with Gasteiger partial charge < -0.3 is 25.1 Å². The number of anilines is 1. The maximum absolute atomic E-state index is 10.7. The average molecular weight is 358 g/mol. The first-order chi connectivity index (χ1) is 12.5. The minimum absolute atomic E-state index is 0.236. The van der Waals surface area contributed by atoms with Gasteiger partial charge in [0.1, 0.15) is 0 Å². The first-order valence-electron chi connectivity index (χ1n) is 9.49. The van der Waals surface area contributed by atoms with Crippen LogP contribution in [0.4, 0.5) is 5.69 Å². The highest BCUT2D eigenvalue weighted by Crippen LogP contribution is 2.44. The van der Waals surface area contributed by atoms with Crippen molar-refractivity contribution < 1.29 is 15.3 Å². The fraction of sp³-hybridized carbons (Fsp3) is 0.524. The summed E-state index contributed by atoms with van der Waals surface area (Å²) in [6, 6.07) is 9.39. The van der Waals surface area contributed by atoms with Crippen molar-refractivity contribution in [2.45, 2.75) is 38.5 Å². The first kappa shape index (κ1) is 18.8. The predicted molar refractivity (Wildman–Crippen MR) is 104 cm³/mol. The molecule has 0 saturated heterocycles. The van der Waals surface area contributed by atoms with Crippen LogP contribution >= 0.6 is 0 Å². The fourth-order valence-corrected chi connectivity index (χ4v) is 4.33. The Morgan fingerprint density at radius 3 is 2.19 bits per heavy atom. The van der Waals surface area contributed by atoms with E-state index in [9.17, 15) is 15.3 Å². The van der Waals surface area contributed by atoms with Crippen molar-refractivity contribution in [3.63, 3.8) is 0 Å². The van der Waals surface area contributed by atoms with Crippen molar-refractivity contribution in [3.8, 4) is 0 Å². The van der Waals surface area contributed by atoms with Crippen molar-refractivity contribution >= 4 is 5.69 Å². The number of nitrogens with zero attached hydrogens (tertiary/aromatic N) is 2. The lowest BCUT2D eigenvalue weighted by molar-refractivity contribution is -0.134. The summed E-state index contributed by atoms with van der Waals surface area (Å²) in [4.78, 5) is 4.11. The monoisotopic (exact) mass is 358 g/mol. The van der Waals surface area contributed by atoms with E-state index in [0.717, 1.165) is 24.5 Å². The Balaban J connectivity index is 1.70. The molecule has 5 heteroatoms. The van der Waals surface area contributed by atoms with Gasteiger partial charge in [0.05, 0.1) is 24.0 Å². The van der Waals surface area contributed by atoms with E-state index in [1.54, 1.807) is 6.08 Å². The Bertz CT molecular complexity index is 659. The molecule has 26 heavy (non-hydrogen) atoms. The van der Waals surface area contributed by atoms with E-state index in [1.165, 1.54) is 0 Å². The molecule has 1 saturated carbocycles. The predicted octanol–water partition coefficient (Wildman–Crippen LogP) is 2.53. The number of hydrogen-bond acceptors (Lipinski definition) is 5. The second kappa shape index (κ2) is 7.72. The molecule has 0 radical (unpaired) electrons. The van der Waals surface area contributed by atoms with Crippen molar-refractivity contribution in [3.05, 3.63) is 53.9 Å². The second-order valence-electron chi connectivity index (χ2n) is 7.21. The van der Waals surface area contributed by atoms with Crippen LogP contribution in [0.1, 0.15) is 20.3 Å². The molecule has 3 unspecified atom stereocenters. The summed E-state index contributed by atoms with van der Waals surface area (Å²) >= 11 is 0. The largest absolute Gasteiger partial charge is 0.512 e. The van der Waals surface area contributed by atoms with E-state index in [2.05, 4.69) is 24.8 Å². The molecule has 0 bridgehead atoms. The molecule has 5 nitrogen and oxygen atoms in total. The van der Waals surface area contributed by atoms with Gasteiger partial charge in [0.25, 0.3) is 0 Å². The van der Waals surface area contributed by atoms with Crippen molar-refractivity contribution in [1.29, 1.82) is 0 Å². The smallest absolute Gasteiger partial charge is 0.0981 e. The van der Waals surface area contributed by atoms with Gasteiger partial charge in [0.15, 0.2) is 0 Å². The van der Waals surface area contributed by atoms with Gasteiger partial charge in [-0.2, -0.15) is 0 Å². The molecule has 3 rings (SSSR count). The highest BCUT2D eigenvalue weighted by Gasteiger charge is 2.55. The minimum atomic E-state index is -0.681. The summed E-state index contributed by atoms with van der Waals surface area (Å²) in [7, 11) is 1.89. The van der Waals surface area contributed by atoms with E-state index in [1.807, 2.05) is 42.3 Å². The van der Waals surface area contributed by atoms with Crippen molar-refractivity contribution in [1.82, 2.24) is 4.90 Å². The third-order valence-electron chi connectivity index (χ3n) is 5.95. The van der Waals surface area contributed by atoms with Crippen molar-refractivity contribution in [2.24, 2.45) is 11.8 Å². The number of aliphatic hydroxyl groups is 3. The van der Waals surface area contributed by atoms with E-state index >= 15 is 0 Å². The lowest BCUT2D eigenvalue weighted by atomic mass is 9.64. The number of benzene rings is 1. The lowest BCUT2D eigenvalue weighted by Crippen LogP contribution is -2.68. The van der Waals surface area contributed by atoms with Crippen molar-refractivity contribution in [2.75, 3.05) is 25.0 Å². The second-order valence-corrected chi connectivity index (χ2v) is 7.21. The Labute approximate surface area is 155 Å². The molecule has 0 heterocycles. The van der Waals surface area contributed by atoms with Gasteiger partial charge in [-0.25, -0.2) is 0 Å². The van der Waals surface area contributed by atoms with E-state index in [0.29, 0.717) is 6.42 Å². The maximum atomic E-state index is 10.7.